The van der Waals surface area contributed by atoms with E-state index in [1.165, 1.54) is 29.2 Å². The number of Topliss-reactive ketones (excluding diaryl/α,β-unsaturated/α-hetero) is 1. The molecule has 3 aromatic carbocycles. The van der Waals surface area contributed by atoms with Crippen molar-refractivity contribution in [3.63, 3.8) is 0 Å². The van der Waals surface area contributed by atoms with Crippen molar-refractivity contribution >= 4 is 17.4 Å². The fraction of sp³-hybridized carbons (Fsp3) is 0.214. The lowest BCUT2D eigenvalue weighted by molar-refractivity contribution is -0.140. The zero-order chi connectivity index (χ0) is 26.0. The van der Waals surface area contributed by atoms with E-state index in [2.05, 4.69) is 0 Å². The number of ether oxygens (including phenoxy) is 2. The molecule has 4 rings (SSSR count). The van der Waals surface area contributed by atoms with E-state index in [0.717, 1.165) is 5.56 Å². The first-order valence-corrected chi connectivity index (χ1v) is 11.4. The zero-order valence-corrected chi connectivity index (χ0v) is 20.1. The number of nitrogens with zero attached hydrogens (tertiary/aromatic N) is 1. The number of halogens is 1. The van der Waals surface area contributed by atoms with Gasteiger partial charge in [0, 0.05) is 12.1 Å². The number of hydrogen-bond donors (Lipinski definition) is 2. The molecule has 1 fully saturated rings. The summed E-state index contributed by atoms with van der Waals surface area (Å²) in [5, 5.41) is 21.4. The van der Waals surface area contributed by atoms with Gasteiger partial charge in [-0.05, 0) is 73.0 Å². The van der Waals surface area contributed by atoms with Gasteiger partial charge in [-0.2, -0.15) is 0 Å². The summed E-state index contributed by atoms with van der Waals surface area (Å²) in [6.07, 6.45) is 0. The van der Waals surface area contributed by atoms with E-state index < -0.39 is 29.3 Å². The number of aliphatic hydroxyl groups is 1. The molecule has 0 aromatic heterocycles. The Labute approximate surface area is 208 Å². The van der Waals surface area contributed by atoms with Crippen molar-refractivity contribution in [2.24, 2.45) is 0 Å². The topological polar surface area (TPSA) is 96.3 Å². The molecule has 7 nitrogen and oxygen atoms in total. The fourth-order valence-corrected chi connectivity index (χ4v) is 4.24. The molecule has 36 heavy (non-hydrogen) atoms. The first-order valence-electron chi connectivity index (χ1n) is 11.4. The minimum absolute atomic E-state index is 0.0727. The van der Waals surface area contributed by atoms with Gasteiger partial charge in [-0.25, -0.2) is 4.39 Å². The van der Waals surface area contributed by atoms with Crippen LogP contribution in [0.25, 0.3) is 5.76 Å². The van der Waals surface area contributed by atoms with Crippen molar-refractivity contribution in [3.05, 3.63) is 94.3 Å². The number of methoxy groups -OCH3 is 1. The molecule has 1 amide bonds. The van der Waals surface area contributed by atoms with Crippen LogP contribution in [0.4, 0.5) is 4.39 Å². The Morgan fingerprint density at radius 3 is 2.42 bits per heavy atom. The molecule has 0 aliphatic carbocycles. The van der Waals surface area contributed by atoms with Gasteiger partial charge < -0.3 is 24.6 Å². The van der Waals surface area contributed by atoms with Crippen LogP contribution in [0, 0.1) is 12.7 Å². The summed E-state index contributed by atoms with van der Waals surface area (Å²) in [7, 11) is 1.55. The van der Waals surface area contributed by atoms with E-state index >= 15 is 0 Å². The number of carbonyl (C=O) groups excluding carboxylic acids is 2. The summed E-state index contributed by atoms with van der Waals surface area (Å²) >= 11 is 0. The quantitative estimate of drug-likeness (QED) is 0.278. The summed E-state index contributed by atoms with van der Waals surface area (Å²) in [4.78, 5) is 27.8. The van der Waals surface area contributed by atoms with Crippen LogP contribution < -0.4 is 9.47 Å². The Balaban J connectivity index is 1.87. The number of ketones is 1. The van der Waals surface area contributed by atoms with Gasteiger partial charge in [0.05, 0.1) is 25.3 Å². The highest BCUT2D eigenvalue weighted by Crippen LogP contribution is 2.42. The number of aromatic hydroxyl groups is 1. The first-order chi connectivity index (χ1) is 17.2. The van der Waals surface area contributed by atoms with E-state index in [1.54, 1.807) is 57.4 Å². The standard InChI is InChI=1S/C28H26FNO6/c1-4-36-23-14-18(8-12-22(23)31)25-24(26(32)19-7-11-21(29)16(2)13-19)27(33)28(34)30(25)15-17-5-9-20(35-3)10-6-17/h5-14,25,31-32H,4,15H2,1-3H3/b26-24-. The number of hydrogen-bond acceptors (Lipinski definition) is 6. The lowest BCUT2D eigenvalue weighted by Crippen LogP contribution is -2.29. The minimum Gasteiger partial charge on any atom is -0.507 e. The third kappa shape index (κ3) is 4.62. The molecule has 1 saturated heterocycles. The highest BCUT2D eigenvalue weighted by molar-refractivity contribution is 6.46. The lowest BCUT2D eigenvalue weighted by atomic mass is 9.94. The molecule has 1 aliphatic heterocycles. The maximum atomic E-state index is 13.9. The van der Waals surface area contributed by atoms with Crippen LogP contribution in [-0.2, 0) is 16.1 Å². The van der Waals surface area contributed by atoms with Crippen molar-refractivity contribution in [3.8, 4) is 17.2 Å². The van der Waals surface area contributed by atoms with Crippen LogP contribution in [0.15, 0.2) is 66.2 Å². The van der Waals surface area contributed by atoms with Gasteiger partial charge >= 0.3 is 0 Å². The summed E-state index contributed by atoms with van der Waals surface area (Å²) in [5.41, 5.74) is 1.57. The number of amides is 1. The second kappa shape index (κ2) is 10.1. The number of aryl methyl sites for hydroxylation is 1. The third-order valence-electron chi connectivity index (χ3n) is 6.08. The van der Waals surface area contributed by atoms with E-state index in [4.69, 9.17) is 9.47 Å². The average Bonchev–Trinajstić information content (AvgIpc) is 3.12. The lowest BCUT2D eigenvalue weighted by Gasteiger charge is -2.26. The molecule has 186 valence electrons. The van der Waals surface area contributed by atoms with Crippen LogP contribution in [-0.4, -0.2) is 40.5 Å². The van der Waals surface area contributed by atoms with Crippen LogP contribution in [0.1, 0.15) is 35.2 Å². The monoisotopic (exact) mass is 491 g/mol. The molecule has 0 radical (unpaired) electrons. The van der Waals surface area contributed by atoms with Gasteiger partial charge in [-0.1, -0.05) is 18.2 Å². The second-order valence-electron chi connectivity index (χ2n) is 8.40. The Morgan fingerprint density at radius 1 is 1.06 bits per heavy atom. The predicted molar refractivity (Wildman–Crippen MR) is 131 cm³/mol. The van der Waals surface area contributed by atoms with E-state index in [0.29, 0.717) is 11.3 Å². The molecule has 0 spiro atoms. The zero-order valence-electron chi connectivity index (χ0n) is 20.1. The Bertz CT molecular complexity index is 1350. The maximum absolute atomic E-state index is 13.9. The summed E-state index contributed by atoms with van der Waals surface area (Å²) in [6, 6.07) is 14.6. The molecule has 1 atom stereocenters. The summed E-state index contributed by atoms with van der Waals surface area (Å²) < 4.78 is 24.6. The highest BCUT2D eigenvalue weighted by atomic mass is 19.1. The Morgan fingerprint density at radius 2 is 1.78 bits per heavy atom. The molecule has 1 heterocycles. The Hall–Kier alpha value is -4.33. The van der Waals surface area contributed by atoms with Crippen molar-refractivity contribution in [1.29, 1.82) is 0 Å². The highest BCUT2D eigenvalue weighted by Gasteiger charge is 2.46. The van der Waals surface area contributed by atoms with Gasteiger partial charge in [0.2, 0.25) is 0 Å². The molecule has 0 bridgehead atoms. The normalized spacial score (nSPS) is 16.9. The van der Waals surface area contributed by atoms with E-state index in [-0.39, 0.29) is 41.4 Å². The van der Waals surface area contributed by atoms with Crippen molar-refractivity contribution in [2.75, 3.05) is 13.7 Å². The number of likely N-dealkylation sites (tertiary alicyclic amines) is 1. The van der Waals surface area contributed by atoms with Crippen molar-refractivity contribution in [1.82, 2.24) is 4.90 Å². The van der Waals surface area contributed by atoms with Crippen LogP contribution >= 0.6 is 0 Å². The molecular formula is C28H26FNO6. The van der Waals surface area contributed by atoms with Gasteiger partial charge in [0.15, 0.2) is 11.5 Å². The largest absolute Gasteiger partial charge is 0.507 e. The Kier molecular flexibility index (Phi) is 6.96. The molecule has 1 aliphatic rings. The number of benzene rings is 3. The molecule has 1 unspecified atom stereocenters. The number of phenols is 1. The van der Waals surface area contributed by atoms with Gasteiger partial charge in [-0.3, -0.25) is 9.59 Å². The SMILES string of the molecule is CCOc1cc(C2/C(=C(/O)c3ccc(F)c(C)c3)C(=O)C(=O)N2Cc2ccc(OC)cc2)ccc1O. The van der Waals surface area contributed by atoms with Crippen molar-refractivity contribution < 1.29 is 33.7 Å². The second-order valence-corrected chi connectivity index (χ2v) is 8.40. The minimum atomic E-state index is -0.975. The van der Waals surface area contributed by atoms with Crippen molar-refractivity contribution in [2.45, 2.75) is 26.4 Å². The van der Waals surface area contributed by atoms with Crippen LogP contribution in [0.2, 0.25) is 0 Å². The third-order valence-corrected chi connectivity index (χ3v) is 6.08. The van der Waals surface area contributed by atoms with Gasteiger partial charge in [-0.15, -0.1) is 0 Å². The maximum Gasteiger partial charge on any atom is 0.295 e. The average molecular weight is 492 g/mol. The molecule has 2 N–H and O–H groups in total. The number of phenolic OH excluding ortho intramolecular Hbond substituents is 1. The van der Waals surface area contributed by atoms with Crippen LogP contribution in [0.5, 0.6) is 17.2 Å². The molecule has 0 saturated carbocycles. The van der Waals surface area contributed by atoms with Gasteiger partial charge in [0.1, 0.15) is 17.3 Å². The smallest absolute Gasteiger partial charge is 0.295 e. The first kappa shape index (κ1) is 24.8. The van der Waals surface area contributed by atoms with Gasteiger partial charge in [0.25, 0.3) is 11.7 Å². The number of carbonyl (C=O) groups is 2. The molecule has 3 aromatic rings. The molecular weight excluding hydrogens is 465 g/mol. The number of rotatable bonds is 7. The van der Waals surface area contributed by atoms with E-state index in [1.807, 2.05) is 0 Å². The van der Waals surface area contributed by atoms with E-state index in [9.17, 15) is 24.2 Å². The fourth-order valence-electron chi connectivity index (χ4n) is 4.24. The summed E-state index contributed by atoms with van der Waals surface area (Å²) in [5.74, 6) is -1.79. The predicted octanol–water partition coefficient (Wildman–Crippen LogP) is 4.87. The summed E-state index contributed by atoms with van der Waals surface area (Å²) in [6.45, 7) is 3.67. The molecule has 8 heteroatoms. The number of aliphatic hydroxyl groups excluding tert-OH is 1. The van der Waals surface area contributed by atoms with Crippen LogP contribution in [0.3, 0.4) is 0 Å².